The lowest BCUT2D eigenvalue weighted by molar-refractivity contribution is 0.211. The first kappa shape index (κ1) is 20.8. The van der Waals surface area contributed by atoms with Gasteiger partial charge in [0.15, 0.2) is 0 Å². The van der Waals surface area contributed by atoms with Gasteiger partial charge in [-0.05, 0) is 61.4 Å². The van der Waals surface area contributed by atoms with Crippen molar-refractivity contribution in [3.8, 4) is 5.75 Å². The molecule has 0 fully saturated rings. The van der Waals surface area contributed by atoms with Crippen LogP contribution in [0.1, 0.15) is 11.1 Å². The highest BCUT2D eigenvalue weighted by Crippen LogP contribution is 2.31. The van der Waals surface area contributed by atoms with E-state index in [1.54, 1.807) is 56.3 Å². The number of hydrogen-bond donors (Lipinski definition) is 0. The van der Waals surface area contributed by atoms with Crippen molar-refractivity contribution >= 4 is 43.4 Å². The Morgan fingerprint density at radius 2 is 1.74 bits per heavy atom. The fraction of sp³-hybridized carbons (Fsp3) is 0.0909. The maximum absolute atomic E-state index is 13.6. The van der Waals surface area contributed by atoms with E-state index >= 15 is 0 Å². The second kappa shape index (κ2) is 8.01. The molecule has 0 saturated heterocycles. The lowest BCUT2D eigenvalue weighted by Gasteiger charge is -2.23. The first-order chi connectivity index (χ1) is 14.8. The Balaban J connectivity index is 1.88. The molecule has 0 spiro atoms. The molecule has 31 heavy (non-hydrogen) atoms. The quantitative estimate of drug-likeness (QED) is 0.436. The first-order valence-electron chi connectivity index (χ1n) is 9.19. The number of rotatable bonds is 4. The van der Waals surface area contributed by atoms with Crippen molar-refractivity contribution < 1.29 is 22.4 Å². The molecule has 0 radical (unpaired) electrons. The number of fused-ring (bicyclic) bond motifs is 1. The molecule has 0 N–H and O–H groups in total. The number of ether oxygens (including phenoxy) is 1. The molecule has 0 bridgehead atoms. The highest BCUT2D eigenvalue weighted by molar-refractivity contribution is 7.93. The van der Waals surface area contributed by atoms with Crippen LogP contribution in [0.15, 0.2) is 80.8 Å². The summed E-state index contributed by atoms with van der Waals surface area (Å²) in [7, 11) is -4.33. The summed E-state index contributed by atoms with van der Waals surface area (Å²) in [5.74, 6) is 0.197. The minimum atomic E-state index is -4.33. The average molecular weight is 456 g/mol. The first-order valence-corrected chi connectivity index (χ1v) is 11.4. The second-order valence-corrected chi connectivity index (χ2v) is 9.54. The van der Waals surface area contributed by atoms with Gasteiger partial charge in [-0.15, -0.1) is 0 Å². The maximum Gasteiger partial charge on any atom is 0.434 e. The zero-order chi connectivity index (χ0) is 22.2. The summed E-state index contributed by atoms with van der Waals surface area (Å²) in [5.41, 5.74) is 1.55. The summed E-state index contributed by atoms with van der Waals surface area (Å²) >= 11 is 0.816. The third kappa shape index (κ3) is 4.10. The summed E-state index contributed by atoms with van der Waals surface area (Å²) in [6, 6.07) is 17.4. The van der Waals surface area contributed by atoms with Gasteiger partial charge in [0.05, 0.1) is 15.3 Å². The molecule has 4 rings (SSSR count). The predicted octanol–water partition coefficient (Wildman–Crippen LogP) is 4.87. The van der Waals surface area contributed by atoms with Crippen LogP contribution in [0, 0.1) is 13.8 Å². The number of nitrogens with zero attached hydrogens (tertiary/aromatic N) is 1. The summed E-state index contributed by atoms with van der Waals surface area (Å²) in [5, 5.41) is 0. The van der Waals surface area contributed by atoms with Crippen molar-refractivity contribution in [2.45, 2.75) is 18.7 Å². The van der Waals surface area contributed by atoms with E-state index in [9.17, 15) is 18.0 Å². The lowest BCUT2D eigenvalue weighted by Crippen LogP contribution is -2.39. The van der Waals surface area contributed by atoms with Crippen molar-refractivity contribution in [3.05, 3.63) is 87.6 Å². The Kier molecular flexibility index (Phi) is 5.38. The van der Waals surface area contributed by atoms with Gasteiger partial charge in [0, 0.05) is 0 Å². The minimum absolute atomic E-state index is 0.0158. The van der Waals surface area contributed by atoms with E-state index < -0.39 is 21.1 Å². The standard InChI is InChI=1S/C22H17NO6S2/c1-14-8-9-15(2)20(12-14)31(26,27)23(21(24)28-17-6-4-3-5-7-17)16-10-11-18-19(13-16)30-22(25)29-18/h3-13H,1-2H3. The number of para-hydroxylation sites is 1. The number of carbonyl (C=O) groups excluding carboxylic acids is 1. The number of benzene rings is 3. The van der Waals surface area contributed by atoms with Gasteiger partial charge in [0.1, 0.15) is 11.3 Å². The average Bonchev–Trinajstić information content (AvgIpc) is 3.09. The highest BCUT2D eigenvalue weighted by atomic mass is 32.2. The lowest BCUT2D eigenvalue weighted by atomic mass is 10.2. The zero-order valence-electron chi connectivity index (χ0n) is 16.6. The van der Waals surface area contributed by atoms with Gasteiger partial charge in [-0.2, -0.15) is 4.31 Å². The van der Waals surface area contributed by atoms with Crippen LogP contribution < -0.4 is 14.0 Å². The number of hydrogen-bond acceptors (Lipinski definition) is 7. The van der Waals surface area contributed by atoms with Crippen molar-refractivity contribution in [2.24, 2.45) is 0 Å². The molecule has 0 aliphatic heterocycles. The molecule has 0 saturated carbocycles. The minimum Gasteiger partial charge on any atom is -0.414 e. The fourth-order valence-electron chi connectivity index (χ4n) is 3.04. The number of anilines is 1. The topological polar surface area (TPSA) is 93.9 Å². The Labute approximate surface area is 182 Å². The Bertz CT molecular complexity index is 1440. The number of amides is 1. The van der Waals surface area contributed by atoms with Gasteiger partial charge in [-0.3, -0.25) is 0 Å². The monoisotopic (exact) mass is 455 g/mol. The van der Waals surface area contributed by atoms with Gasteiger partial charge in [0.2, 0.25) is 0 Å². The van der Waals surface area contributed by atoms with Crippen molar-refractivity contribution in [1.82, 2.24) is 0 Å². The summed E-state index contributed by atoms with van der Waals surface area (Å²) in [6.07, 6.45) is -1.10. The van der Waals surface area contributed by atoms with Crippen LogP contribution in [0.3, 0.4) is 0 Å². The second-order valence-electron chi connectivity index (χ2n) is 6.80. The van der Waals surface area contributed by atoms with E-state index in [0.717, 1.165) is 16.9 Å². The summed E-state index contributed by atoms with van der Waals surface area (Å²) < 4.78 is 38.7. The number of carbonyl (C=O) groups is 1. The van der Waals surface area contributed by atoms with E-state index in [4.69, 9.17) is 9.15 Å². The van der Waals surface area contributed by atoms with Gasteiger partial charge in [-0.25, -0.2) is 18.0 Å². The van der Waals surface area contributed by atoms with Crippen LogP contribution in [-0.2, 0) is 10.0 Å². The van der Waals surface area contributed by atoms with E-state index in [0.29, 0.717) is 20.2 Å². The molecule has 0 unspecified atom stereocenters. The smallest absolute Gasteiger partial charge is 0.414 e. The molecule has 1 heterocycles. The maximum atomic E-state index is 13.6. The Hall–Kier alpha value is -3.43. The van der Waals surface area contributed by atoms with Gasteiger partial charge in [-0.1, -0.05) is 41.7 Å². The molecule has 4 aromatic rings. The third-order valence-corrected chi connectivity index (χ3v) is 7.15. The normalized spacial score (nSPS) is 11.4. The molecule has 0 atom stereocenters. The summed E-state index contributed by atoms with van der Waals surface area (Å²) in [6.45, 7) is 3.41. The van der Waals surface area contributed by atoms with Crippen LogP contribution in [0.5, 0.6) is 5.75 Å². The van der Waals surface area contributed by atoms with Crippen LogP contribution in [-0.4, -0.2) is 14.5 Å². The van der Waals surface area contributed by atoms with Crippen molar-refractivity contribution in [2.75, 3.05) is 4.31 Å². The van der Waals surface area contributed by atoms with Crippen LogP contribution in [0.2, 0.25) is 0 Å². The molecule has 158 valence electrons. The van der Waals surface area contributed by atoms with Crippen LogP contribution >= 0.6 is 11.3 Å². The molecule has 1 aromatic heterocycles. The molecule has 9 heteroatoms. The molecular formula is C22H17NO6S2. The highest BCUT2D eigenvalue weighted by Gasteiger charge is 2.34. The van der Waals surface area contributed by atoms with E-state index in [2.05, 4.69) is 0 Å². The van der Waals surface area contributed by atoms with Gasteiger partial charge >= 0.3 is 11.0 Å². The number of aryl methyl sites for hydroxylation is 2. The molecule has 0 aliphatic carbocycles. The van der Waals surface area contributed by atoms with Crippen molar-refractivity contribution in [1.29, 1.82) is 0 Å². The fourth-order valence-corrected chi connectivity index (χ4v) is 5.38. The molecule has 1 amide bonds. The Morgan fingerprint density at radius 3 is 2.48 bits per heavy atom. The number of sulfonamides is 1. The third-order valence-electron chi connectivity index (χ3n) is 4.52. The summed E-state index contributed by atoms with van der Waals surface area (Å²) in [4.78, 5) is 24.1. The van der Waals surface area contributed by atoms with Gasteiger partial charge < -0.3 is 9.15 Å². The van der Waals surface area contributed by atoms with E-state index in [1.807, 2.05) is 0 Å². The van der Waals surface area contributed by atoms with Gasteiger partial charge in [0.25, 0.3) is 10.0 Å². The largest absolute Gasteiger partial charge is 0.434 e. The zero-order valence-corrected chi connectivity index (χ0v) is 18.2. The Morgan fingerprint density at radius 1 is 1.00 bits per heavy atom. The molecule has 3 aromatic carbocycles. The van der Waals surface area contributed by atoms with Crippen molar-refractivity contribution in [3.63, 3.8) is 0 Å². The molecule has 0 aliphatic rings. The van der Waals surface area contributed by atoms with Crippen LogP contribution in [0.25, 0.3) is 10.3 Å². The predicted molar refractivity (Wildman–Crippen MR) is 118 cm³/mol. The molecule has 7 nitrogen and oxygen atoms in total. The van der Waals surface area contributed by atoms with E-state index in [1.165, 1.54) is 24.3 Å². The van der Waals surface area contributed by atoms with E-state index in [-0.39, 0.29) is 16.3 Å². The molecular weight excluding hydrogens is 438 g/mol. The SMILES string of the molecule is Cc1ccc(C)c(S(=O)(=O)N(C(=O)Oc2ccccc2)c2ccc3oc(=O)sc3c2)c1. The van der Waals surface area contributed by atoms with Crippen LogP contribution in [0.4, 0.5) is 10.5 Å².